The van der Waals surface area contributed by atoms with Crippen molar-refractivity contribution in [2.75, 3.05) is 5.32 Å². The predicted octanol–water partition coefficient (Wildman–Crippen LogP) is 5.14. The lowest BCUT2D eigenvalue weighted by atomic mass is 10.1. The van der Waals surface area contributed by atoms with Crippen molar-refractivity contribution in [3.63, 3.8) is 0 Å². The van der Waals surface area contributed by atoms with Gasteiger partial charge < -0.3 is 5.32 Å². The molecule has 2 aromatic rings. The van der Waals surface area contributed by atoms with Gasteiger partial charge in [-0.15, -0.1) is 0 Å². The number of nitrogens with zero attached hydrogens (tertiary/aromatic N) is 1. The van der Waals surface area contributed by atoms with Gasteiger partial charge in [-0.3, -0.25) is 4.79 Å². The average molecular weight is 337 g/mol. The maximum absolute atomic E-state index is 12.3. The molecule has 0 spiro atoms. The first-order valence-electron chi connectivity index (χ1n) is 7.42. The van der Waals surface area contributed by atoms with Crippen LogP contribution in [0.1, 0.15) is 18.1 Å². The molecule has 0 aliphatic rings. The zero-order chi connectivity index (χ0) is 17.5. The molecule has 2 rings (SSSR count). The SMILES string of the molecule is CC(=C\c1ccccc1)/C=C(\C#N)C(=O)Nc1cc(Cl)ccc1C. The summed E-state index contributed by atoms with van der Waals surface area (Å²) in [6.45, 7) is 3.71. The summed E-state index contributed by atoms with van der Waals surface area (Å²) < 4.78 is 0. The Morgan fingerprint density at radius 2 is 1.92 bits per heavy atom. The van der Waals surface area contributed by atoms with Crippen LogP contribution in [0.3, 0.4) is 0 Å². The van der Waals surface area contributed by atoms with Crippen molar-refractivity contribution in [1.82, 2.24) is 0 Å². The van der Waals surface area contributed by atoms with Crippen molar-refractivity contribution in [1.29, 1.82) is 5.26 Å². The number of allylic oxidation sites excluding steroid dienone is 2. The number of hydrogen-bond acceptors (Lipinski definition) is 2. The van der Waals surface area contributed by atoms with E-state index in [1.807, 2.05) is 62.4 Å². The fraction of sp³-hybridized carbons (Fsp3) is 0.100. The van der Waals surface area contributed by atoms with Crippen LogP contribution in [-0.2, 0) is 4.79 Å². The molecule has 0 atom stereocenters. The summed E-state index contributed by atoms with van der Waals surface area (Å²) in [6.07, 6.45) is 3.48. The Morgan fingerprint density at radius 3 is 2.58 bits per heavy atom. The van der Waals surface area contributed by atoms with E-state index in [-0.39, 0.29) is 5.57 Å². The fourth-order valence-electron chi connectivity index (χ4n) is 2.15. The molecule has 0 saturated heterocycles. The van der Waals surface area contributed by atoms with Gasteiger partial charge in [0.2, 0.25) is 0 Å². The highest BCUT2D eigenvalue weighted by Gasteiger charge is 2.11. The molecule has 0 aromatic heterocycles. The van der Waals surface area contributed by atoms with Crippen molar-refractivity contribution >= 4 is 29.3 Å². The van der Waals surface area contributed by atoms with Crippen molar-refractivity contribution in [3.8, 4) is 6.07 Å². The summed E-state index contributed by atoms with van der Waals surface area (Å²) in [4.78, 5) is 12.3. The number of nitrogens with one attached hydrogen (secondary N) is 1. The molecule has 24 heavy (non-hydrogen) atoms. The van der Waals surface area contributed by atoms with Gasteiger partial charge in [0.15, 0.2) is 0 Å². The summed E-state index contributed by atoms with van der Waals surface area (Å²) in [5, 5.41) is 12.5. The quantitative estimate of drug-likeness (QED) is 0.477. The van der Waals surface area contributed by atoms with Gasteiger partial charge in [-0.05, 0) is 48.8 Å². The lowest BCUT2D eigenvalue weighted by Gasteiger charge is -2.08. The molecule has 0 aliphatic carbocycles. The van der Waals surface area contributed by atoms with Gasteiger partial charge in [0.05, 0.1) is 0 Å². The van der Waals surface area contributed by atoms with Crippen LogP contribution in [0.5, 0.6) is 0 Å². The average Bonchev–Trinajstić information content (AvgIpc) is 2.56. The molecular formula is C20H17ClN2O. The van der Waals surface area contributed by atoms with Gasteiger partial charge in [-0.2, -0.15) is 5.26 Å². The lowest BCUT2D eigenvalue weighted by molar-refractivity contribution is -0.112. The van der Waals surface area contributed by atoms with E-state index in [4.69, 9.17) is 11.6 Å². The van der Waals surface area contributed by atoms with Crippen LogP contribution in [0.25, 0.3) is 6.08 Å². The van der Waals surface area contributed by atoms with E-state index < -0.39 is 5.91 Å². The molecule has 3 nitrogen and oxygen atoms in total. The molecule has 1 N–H and O–H groups in total. The highest BCUT2D eigenvalue weighted by Crippen LogP contribution is 2.21. The maximum atomic E-state index is 12.3. The van der Waals surface area contributed by atoms with Gasteiger partial charge in [0, 0.05) is 10.7 Å². The Kier molecular flexibility index (Phi) is 5.95. The van der Waals surface area contributed by atoms with E-state index in [9.17, 15) is 10.1 Å². The number of rotatable bonds is 4. The normalized spacial score (nSPS) is 11.8. The number of aryl methyl sites for hydroxylation is 1. The second-order valence-electron chi connectivity index (χ2n) is 5.38. The molecule has 0 fully saturated rings. The van der Waals surface area contributed by atoms with Crippen LogP contribution in [0.15, 0.2) is 65.8 Å². The number of carbonyl (C=O) groups excluding carboxylic acids is 1. The smallest absolute Gasteiger partial charge is 0.266 e. The van der Waals surface area contributed by atoms with E-state index in [1.54, 1.807) is 18.2 Å². The minimum Gasteiger partial charge on any atom is -0.321 e. The molecule has 1 amide bonds. The van der Waals surface area contributed by atoms with Crippen molar-refractivity contribution in [3.05, 3.63) is 81.9 Å². The number of amides is 1. The number of nitriles is 1. The molecule has 0 radical (unpaired) electrons. The van der Waals surface area contributed by atoms with Crippen LogP contribution < -0.4 is 5.32 Å². The minimum absolute atomic E-state index is 0.0408. The third-order valence-corrected chi connectivity index (χ3v) is 3.61. The second kappa shape index (κ2) is 8.14. The van der Waals surface area contributed by atoms with Gasteiger partial charge >= 0.3 is 0 Å². The van der Waals surface area contributed by atoms with Gasteiger partial charge in [0.25, 0.3) is 5.91 Å². The standard InChI is InChI=1S/C20H17ClN2O/c1-14(10-16-6-4-3-5-7-16)11-17(13-22)20(24)23-19-12-18(21)9-8-15(19)2/h3-12H,1-2H3,(H,23,24)/b14-10+,17-11+. The number of hydrogen-bond donors (Lipinski definition) is 1. The number of halogens is 1. The van der Waals surface area contributed by atoms with Crippen molar-refractivity contribution in [2.45, 2.75) is 13.8 Å². The minimum atomic E-state index is -0.455. The largest absolute Gasteiger partial charge is 0.321 e. The highest BCUT2D eigenvalue weighted by atomic mass is 35.5. The summed E-state index contributed by atoms with van der Waals surface area (Å²) in [5.41, 5.74) is 3.34. The molecule has 0 bridgehead atoms. The third kappa shape index (κ3) is 4.84. The zero-order valence-corrected chi connectivity index (χ0v) is 14.3. The summed E-state index contributed by atoms with van der Waals surface area (Å²) in [5.74, 6) is -0.455. The van der Waals surface area contributed by atoms with Crippen molar-refractivity contribution < 1.29 is 4.79 Å². The first-order valence-corrected chi connectivity index (χ1v) is 7.80. The molecule has 0 saturated carbocycles. The predicted molar refractivity (Wildman–Crippen MR) is 98.6 cm³/mol. The number of carbonyl (C=O) groups is 1. The molecule has 4 heteroatoms. The van der Waals surface area contributed by atoms with E-state index in [0.29, 0.717) is 10.7 Å². The second-order valence-corrected chi connectivity index (χ2v) is 5.82. The summed E-state index contributed by atoms with van der Waals surface area (Å²) in [6, 6.07) is 16.9. The number of benzene rings is 2. The Balaban J connectivity index is 2.21. The molecule has 0 aliphatic heterocycles. The molecule has 0 unspecified atom stereocenters. The third-order valence-electron chi connectivity index (χ3n) is 3.38. The topological polar surface area (TPSA) is 52.9 Å². The van der Waals surface area contributed by atoms with Crippen LogP contribution in [-0.4, -0.2) is 5.91 Å². The highest BCUT2D eigenvalue weighted by molar-refractivity contribution is 6.31. The molecule has 0 heterocycles. The van der Waals surface area contributed by atoms with Gasteiger partial charge in [-0.1, -0.05) is 54.1 Å². The van der Waals surface area contributed by atoms with Gasteiger partial charge in [0.1, 0.15) is 11.6 Å². The Labute approximate surface area is 146 Å². The Hall–Kier alpha value is -2.83. The van der Waals surface area contributed by atoms with Crippen LogP contribution in [0.2, 0.25) is 5.02 Å². The zero-order valence-electron chi connectivity index (χ0n) is 13.5. The summed E-state index contributed by atoms with van der Waals surface area (Å²) >= 11 is 5.95. The first-order chi connectivity index (χ1) is 11.5. The monoisotopic (exact) mass is 336 g/mol. The summed E-state index contributed by atoms with van der Waals surface area (Å²) in [7, 11) is 0. The van der Waals surface area contributed by atoms with E-state index >= 15 is 0 Å². The first kappa shape index (κ1) is 17.5. The van der Waals surface area contributed by atoms with Crippen LogP contribution in [0.4, 0.5) is 5.69 Å². The lowest BCUT2D eigenvalue weighted by Crippen LogP contribution is -2.14. The Bertz CT molecular complexity index is 846. The molecular weight excluding hydrogens is 320 g/mol. The van der Waals surface area contributed by atoms with Crippen LogP contribution in [0, 0.1) is 18.3 Å². The van der Waals surface area contributed by atoms with E-state index in [0.717, 1.165) is 16.7 Å². The molecule has 2 aromatic carbocycles. The van der Waals surface area contributed by atoms with Crippen LogP contribution >= 0.6 is 11.6 Å². The molecule has 120 valence electrons. The fourth-order valence-corrected chi connectivity index (χ4v) is 2.32. The van der Waals surface area contributed by atoms with E-state index in [1.165, 1.54) is 0 Å². The number of anilines is 1. The van der Waals surface area contributed by atoms with Gasteiger partial charge in [-0.25, -0.2) is 0 Å². The Morgan fingerprint density at radius 1 is 1.21 bits per heavy atom. The van der Waals surface area contributed by atoms with E-state index in [2.05, 4.69) is 5.32 Å². The maximum Gasteiger partial charge on any atom is 0.266 e. The van der Waals surface area contributed by atoms with Crippen molar-refractivity contribution in [2.24, 2.45) is 0 Å².